The van der Waals surface area contributed by atoms with Crippen molar-refractivity contribution in [2.75, 3.05) is 13.2 Å². The highest BCUT2D eigenvalue weighted by Crippen LogP contribution is 2.32. The minimum absolute atomic E-state index is 0.304. The largest absolute Gasteiger partial charge is 0.377 e. The zero-order valence-electron chi connectivity index (χ0n) is 10.7. The Balaban J connectivity index is 2.24. The molecule has 0 bridgehead atoms. The predicted octanol–water partition coefficient (Wildman–Crippen LogP) is 2.12. The van der Waals surface area contributed by atoms with Crippen LogP contribution in [0.25, 0.3) is 0 Å². The summed E-state index contributed by atoms with van der Waals surface area (Å²) in [6.07, 6.45) is 3.53. The van der Waals surface area contributed by atoms with Gasteiger partial charge in [-0.25, -0.2) is 8.93 Å². The molecular weight excluding hydrogens is 316 g/mol. The third kappa shape index (κ3) is 2.82. The first-order valence-electron chi connectivity index (χ1n) is 5.72. The van der Waals surface area contributed by atoms with Crippen molar-refractivity contribution in [1.82, 2.24) is 9.71 Å². The number of hydrogen-bond acceptors (Lipinski definition) is 3. The minimum Gasteiger partial charge on any atom is -0.377 e. The van der Waals surface area contributed by atoms with Crippen molar-refractivity contribution in [2.45, 2.75) is 31.1 Å². The van der Waals surface area contributed by atoms with E-state index >= 15 is 0 Å². The average Bonchev–Trinajstić information content (AvgIpc) is 2.21. The summed E-state index contributed by atoms with van der Waals surface area (Å²) >= 11 is 3.41. The number of nitrogens with one attached hydrogen (secondary N) is 1. The smallest absolute Gasteiger partial charge is 0.103 e. The number of hydrogen-bond donors (Lipinski definition) is 1. The van der Waals surface area contributed by atoms with Crippen LogP contribution >= 0.6 is 15.9 Å². The molecule has 1 aromatic rings. The van der Waals surface area contributed by atoms with Crippen molar-refractivity contribution in [3.63, 3.8) is 0 Å². The summed E-state index contributed by atoms with van der Waals surface area (Å²) in [5.74, 6) is 0. The number of nitrogens with zero attached hydrogens (tertiary/aromatic N) is 1. The molecule has 0 saturated carbocycles. The molecule has 1 saturated heterocycles. The van der Waals surface area contributed by atoms with Crippen molar-refractivity contribution < 1.29 is 8.95 Å². The second-order valence-electron chi connectivity index (χ2n) is 5.45. The Morgan fingerprint density at radius 3 is 2.56 bits per heavy atom. The minimum atomic E-state index is -1.14. The number of rotatable bonds is 3. The lowest BCUT2D eigenvalue weighted by molar-refractivity contribution is -0.0661. The van der Waals surface area contributed by atoms with Crippen LogP contribution < -0.4 is 4.72 Å². The normalized spacial score (nSPS) is 20.2. The number of ether oxygens (including phenoxy) is 1. The van der Waals surface area contributed by atoms with E-state index in [9.17, 15) is 4.21 Å². The van der Waals surface area contributed by atoms with Gasteiger partial charge in [0.25, 0.3) is 0 Å². The lowest BCUT2D eigenvalue weighted by Gasteiger charge is -2.43. The van der Waals surface area contributed by atoms with Crippen molar-refractivity contribution in [3.05, 3.63) is 28.5 Å². The molecular formula is C12H17BrN2O2S. The van der Waals surface area contributed by atoms with Crippen LogP contribution in [-0.2, 0) is 21.3 Å². The zero-order valence-corrected chi connectivity index (χ0v) is 13.1. The van der Waals surface area contributed by atoms with Gasteiger partial charge >= 0.3 is 0 Å². The molecule has 0 radical (unpaired) electrons. The van der Waals surface area contributed by atoms with Gasteiger partial charge in [0.2, 0.25) is 0 Å². The van der Waals surface area contributed by atoms with Crippen LogP contribution in [0.15, 0.2) is 22.9 Å². The number of halogens is 1. The quantitative estimate of drug-likeness (QED) is 0.922. The Morgan fingerprint density at radius 1 is 1.44 bits per heavy atom. The zero-order chi connectivity index (χ0) is 13.4. The van der Waals surface area contributed by atoms with E-state index in [1.807, 2.05) is 26.8 Å². The lowest BCUT2D eigenvalue weighted by atomic mass is 9.91. The van der Waals surface area contributed by atoms with Gasteiger partial charge in [0.05, 0.1) is 28.9 Å². The molecule has 18 heavy (non-hydrogen) atoms. The van der Waals surface area contributed by atoms with Crippen LogP contribution in [0.3, 0.4) is 0 Å². The molecule has 0 unspecified atom stereocenters. The van der Waals surface area contributed by atoms with Crippen molar-refractivity contribution >= 4 is 26.9 Å². The van der Waals surface area contributed by atoms with Crippen LogP contribution in [-0.4, -0.2) is 27.2 Å². The molecule has 100 valence electrons. The maximum absolute atomic E-state index is 12.2. The Labute approximate surface area is 118 Å². The Hall–Kier alpha value is -0.300. The van der Waals surface area contributed by atoms with Gasteiger partial charge in [0.1, 0.15) is 5.54 Å². The highest BCUT2D eigenvalue weighted by molar-refractivity contribution is 9.10. The molecule has 2 heterocycles. The van der Waals surface area contributed by atoms with Gasteiger partial charge < -0.3 is 4.74 Å². The summed E-state index contributed by atoms with van der Waals surface area (Å²) in [4.78, 5) is 4.16. The topological polar surface area (TPSA) is 51.2 Å². The molecule has 1 atom stereocenters. The summed E-state index contributed by atoms with van der Waals surface area (Å²) < 4.78 is 21.4. The van der Waals surface area contributed by atoms with Crippen molar-refractivity contribution in [3.8, 4) is 0 Å². The van der Waals surface area contributed by atoms with E-state index in [1.165, 1.54) is 0 Å². The Bertz CT molecular complexity index is 469. The fraction of sp³-hybridized carbons (Fsp3) is 0.583. The molecule has 0 aliphatic carbocycles. The number of pyridine rings is 1. The summed E-state index contributed by atoms with van der Waals surface area (Å²) in [5.41, 5.74) is 0.621. The second-order valence-corrected chi connectivity index (χ2v) is 8.33. The molecule has 1 fully saturated rings. The fourth-order valence-corrected chi connectivity index (χ4v) is 2.86. The van der Waals surface area contributed by atoms with Gasteiger partial charge in [-0.3, -0.25) is 4.98 Å². The number of aromatic nitrogens is 1. The monoisotopic (exact) mass is 332 g/mol. The van der Waals surface area contributed by atoms with Crippen LogP contribution in [0, 0.1) is 0 Å². The molecule has 0 aromatic carbocycles. The Morgan fingerprint density at radius 2 is 2.11 bits per heavy atom. The van der Waals surface area contributed by atoms with Gasteiger partial charge in [0, 0.05) is 16.9 Å². The SMILES string of the molecule is CC(C)(C)[S@](=O)NC1(c2cncc(Br)c2)COC1. The average molecular weight is 333 g/mol. The first-order chi connectivity index (χ1) is 8.33. The van der Waals surface area contributed by atoms with Crippen molar-refractivity contribution in [1.29, 1.82) is 0 Å². The van der Waals surface area contributed by atoms with Crippen LogP contribution in [0.4, 0.5) is 0 Å². The third-order valence-corrected chi connectivity index (χ3v) is 4.92. The molecule has 1 aliphatic rings. The van der Waals surface area contributed by atoms with Crippen LogP contribution in [0.1, 0.15) is 26.3 Å². The molecule has 1 N–H and O–H groups in total. The van der Waals surface area contributed by atoms with Gasteiger partial charge in [-0.15, -0.1) is 0 Å². The molecule has 0 amide bonds. The molecule has 6 heteroatoms. The van der Waals surface area contributed by atoms with Gasteiger partial charge in [-0.05, 0) is 48.3 Å². The van der Waals surface area contributed by atoms with E-state index in [2.05, 4.69) is 25.6 Å². The predicted molar refractivity (Wildman–Crippen MR) is 75.5 cm³/mol. The van der Waals surface area contributed by atoms with E-state index < -0.39 is 11.0 Å². The maximum Gasteiger partial charge on any atom is 0.103 e. The van der Waals surface area contributed by atoms with E-state index in [-0.39, 0.29) is 10.3 Å². The first-order valence-corrected chi connectivity index (χ1v) is 7.66. The highest BCUT2D eigenvalue weighted by Gasteiger charge is 2.43. The molecule has 0 spiro atoms. The van der Waals surface area contributed by atoms with Gasteiger partial charge in [-0.2, -0.15) is 0 Å². The fourth-order valence-electron chi connectivity index (χ4n) is 1.59. The maximum atomic E-state index is 12.2. The van der Waals surface area contributed by atoms with Gasteiger partial charge in [0.15, 0.2) is 0 Å². The molecule has 1 aliphatic heterocycles. The van der Waals surface area contributed by atoms with Crippen LogP contribution in [0.5, 0.6) is 0 Å². The summed E-state index contributed by atoms with van der Waals surface area (Å²) in [7, 11) is -1.14. The van der Waals surface area contributed by atoms with E-state index in [1.54, 1.807) is 12.4 Å². The highest BCUT2D eigenvalue weighted by atomic mass is 79.9. The van der Waals surface area contributed by atoms with E-state index in [0.717, 1.165) is 10.0 Å². The van der Waals surface area contributed by atoms with Crippen LogP contribution in [0.2, 0.25) is 0 Å². The van der Waals surface area contributed by atoms with Crippen molar-refractivity contribution in [2.24, 2.45) is 0 Å². The molecule has 1 aromatic heterocycles. The summed E-state index contributed by atoms with van der Waals surface area (Å²) in [6, 6.07) is 1.99. The summed E-state index contributed by atoms with van der Waals surface area (Å²) in [5, 5.41) is 0. The van der Waals surface area contributed by atoms with E-state index in [4.69, 9.17) is 4.74 Å². The Kier molecular flexibility index (Phi) is 3.92. The lowest BCUT2D eigenvalue weighted by Crippen LogP contribution is -2.60. The van der Waals surface area contributed by atoms with E-state index in [0.29, 0.717) is 13.2 Å². The van der Waals surface area contributed by atoms with Gasteiger partial charge in [-0.1, -0.05) is 0 Å². The standard InChI is InChI=1S/C12H17BrN2O2S/c1-11(2,3)18(16)15-12(7-17-8-12)9-4-10(13)6-14-5-9/h4-6,15H,7-8H2,1-3H3/t18-/m0/s1. The second kappa shape index (κ2) is 5.00. The molecule has 2 rings (SSSR count). The third-order valence-electron chi connectivity index (χ3n) is 2.80. The molecule has 4 nitrogen and oxygen atoms in total. The summed E-state index contributed by atoms with van der Waals surface area (Å²) in [6.45, 7) is 6.88. The first kappa shape index (κ1) is 14.1.